The molecule has 0 radical (unpaired) electrons. The van der Waals surface area contributed by atoms with E-state index in [9.17, 15) is 19.8 Å². The summed E-state index contributed by atoms with van der Waals surface area (Å²) in [7, 11) is 0. The summed E-state index contributed by atoms with van der Waals surface area (Å²) in [6, 6.07) is 0. The zero-order chi connectivity index (χ0) is 27.4. The second-order valence-electron chi connectivity index (χ2n) is 14.6. The number of carbonyl (C=O) groups excluding carboxylic acids is 2. The van der Waals surface area contributed by atoms with Crippen molar-refractivity contribution in [3.8, 4) is 0 Å². The fourth-order valence-electron chi connectivity index (χ4n) is 8.11. The van der Waals surface area contributed by atoms with E-state index in [2.05, 4.69) is 10.6 Å². The highest BCUT2D eigenvalue weighted by Gasteiger charge is 2.69. The Morgan fingerprint density at radius 2 is 0.861 bits per heavy atom. The number of amides is 2. The average molecular weight is 511 g/mol. The van der Waals surface area contributed by atoms with E-state index in [0.29, 0.717) is 25.7 Å². The van der Waals surface area contributed by atoms with Gasteiger partial charge in [0, 0.05) is 60.9 Å². The highest BCUT2D eigenvalue weighted by Crippen LogP contribution is 2.52. The van der Waals surface area contributed by atoms with Crippen LogP contribution in [0.3, 0.4) is 0 Å². The second-order valence-corrected chi connectivity index (χ2v) is 14.6. The molecule has 0 aromatic carbocycles. The van der Waals surface area contributed by atoms with Crippen molar-refractivity contribution in [2.24, 2.45) is 0 Å². The maximum Gasteiger partial charge on any atom is 0.412 e. The fraction of sp³-hybridized carbons (Fsp3) is 0.923. The van der Waals surface area contributed by atoms with E-state index in [1.807, 2.05) is 55.4 Å². The van der Waals surface area contributed by atoms with Crippen LogP contribution in [0.25, 0.3) is 0 Å². The van der Waals surface area contributed by atoms with Crippen molar-refractivity contribution >= 4 is 12.2 Å². The number of aliphatic hydroxyl groups is 2. The normalized spacial score (nSPS) is 37.3. The SMILES string of the molecule is CC1(C)CC2(CC(C)(C)N1)OC(=O)N(CCN1C(=O)OC3(CC(C)(C)NC(C)(C)C3)[C@]1(C)O)[C@]2(C)O. The van der Waals surface area contributed by atoms with Crippen LogP contribution in [0.5, 0.6) is 0 Å². The van der Waals surface area contributed by atoms with E-state index in [1.54, 1.807) is 13.8 Å². The number of piperidine rings is 2. The number of hydrogen-bond acceptors (Lipinski definition) is 8. The lowest BCUT2D eigenvalue weighted by atomic mass is 9.68. The number of ether oxygens (including phenoxy) is 2. The molecular weight excluding hydrogens is 464 g/mol. The number of carbonyl (C=O) groups is 2. The van der Waals surface area contributed by atoms with Gasteiger partial charge in [-0.15, -0.1) is 0 Å². The molecule has 0 unspecified atom stereocenters. The third-order valence-electron chi connectivity index (χ3n) is 8.59. The predicted molar refractivity (Wildman–Crippen MR) is 134 cm³/mol. The van der Waals surface area contributed by atoms with Crippen LogP contribution in [0.4, 0.5) is 9.59 Å². The topological polar surface area (TPSA) is 124 Å². The Bertz CT molecular complexity index is 846. The molecule has 4 fully saturated rings. The Balaban J connectivity index is 1.57. The number of rotatable bonds is 3. The van der Waals surface area contributed by atoms with Crippen molar-refractivity contribution in [1.82, 2.24) is 20.4 Å². The molecule has 10 heteroatoms. The van der Waals surface area contributed by atoms with Crippen LogP contribution < -0.4 is 10.6 Å². The summed E-state index contributed by atoms with van der Waals surface area (Å²) in [5, 5.41) is 30.6. The van der Waals surface area contributed by atoms with E-state index < -0.39 is 34.8 Å². The largest absolute Gasteiger partial charge is 0.437 e. The summed E-state index contributed by atoms with van der Waals surface area (Å²) in [5.74, 6) is 0. The van der Waals surface area contributed by atoms with Gasteiger partial charge in [-0.3, -0.25) is 9.80 Å². The Labute approximate surface area is 215 Å². The molecule has 36 heavy (non-hydrogen) atoms. The summed E-state index contributed by atoms with van der Waals surface area (Å²) in [4.78, 5) is 28.8. The van der Waals surface area contributed by atoms with Crippen LogP contribution in [-0.4, -0.2) is 90.1 Å². The fourth-order valence-corrected chi connectivity index (χ4v) is 8.11. The van der Waals surface area contributed by atoms with Crippen LogP contribution in [-0.2, 0) is 9.47 Å². The third-order valence-corrected chi connectivity index (χ3v) is 8.59. The minimum atomic E-state index is -1.60. The second kappa shape index (κ2) is 7.48. The van der Waals surface area contributed by atoms with Crippen molar-refractivity contribution in [3.05, 3.63) is 0 Å². The van der Waals surface area contributed by atoms with Crippen molar-refractivity contribution in [1.29, 1.82) is 0 Å². The summed E-state index contributed by atoms with van der Waals surface area (Å²) >= 11 is 0. The molecule has 0 saturated carbocycles. The zero-order valence-electron chi connectivity index (χ0n) is 23.7. The average Bonchev–Trinajstić information content (AvgIpc) is 2.84. The molecule has 2 atom stereocenters. The summed E-state index contributed by atoms with van der Waals surface area (Å²) in [6.45, 7) is 19.4. The minimum Gasteiger partial charge on any atom is -0.437 e. The van der Waals surface area contributed by atoms with Gasteiger partial charge in [-0.1, -0.05) is 0 Å². The van der Waals surface area contributed by atoms with Gasteiger partial charge in [0.25, 0.3) is 0 Å². The van der Waals surface area contributed by atoms with Crippen molar-refractivity contribution < 1.29 is 29.3 Å². The van der Waals surface area contributed by atoms with E-state index in [-0.39, 0.29) is 35.2 Å². The van der Waals surface area contributed by atoms with Gasteiger partial charge in [-0.25, -0.2) is 9.59 Å². The Kier molecular flexibility index (Phi) is 5.70. The quantitative estimate of drug-likeness (QED) is 0.457. The van der Waals surface area contributed by atoms with Gasteiger partial charge < -0.3 is 30.3 Å². The Hall–Kier alpha value is -1.62. The first-order valence-corrected chi connectivity index (χ1v) is 13.0. The number of hydrogen-bond donors (Lipinski definition) is 4. The van der Waals surface area contributed by atoms with E-state index in [1.165, 1.54) is 9.80 Å². The lowest BCUT2D eigenvalue weighted by molar-refractivity contribution is -0.189. The molecule has 2 amide bonds. The zero-order valence-corrected chi connectivity index (χ0v) is 23.7. The lowest BCUT2D eigenvalue weighted by Crippen LogP contribution is -2.71. The van der Waals surface area contributed by atoms with Crippen molar-refractivity contribution in [2.75, 3.05) is 13.1 Å². The molecule has 0 aromatic heterocycles. The van der Waals surface area contributed by atoms with Crippen molar-refractivity contribution in [3.63, 3.8) is 0 Å². The van der Waals surface area contributed by atoms with Gasteiger partial charge in [0.1, 0.15) is 0 Å². The van der Waals surface area contributed by atoms with Gasteiger partial charge in [-0.05, 0) is 69.2 Å². The van der Waals surface area contributed by atoms with Crippen LogP contribution in [0.15, 0.2) is 0 Å². The number of nitrogens with one attached hydrogen (secondary N) is 2. The molecule has 4 saturated heterocycles. The van der Waals surface area contributed by atoms with Gasteiger partial charge in [0.15, 0.2) is 22.7 Å². The van der Waals surface area contributed by atoms with E-state index in [0.717, 1.165) is 0 Å². The molecule has 4 N–H and O–H groups in total. The monoisotopic (exact) mass is 510 g/mol. The first-order chi connectivity index (χ1) is 16.0. The molecule has 0 aliphatic carbocycles. The molecule has 10 nitrogen and oxygen atoms in total. The van der Waals surface area contributed by atoms with Gasteiger partial charge in [0.05, 0.1) is 0 Å². The third kappa shape index (κ3) is 4.18. The molecular formula is C26H46N4O6. The number of nitrogens with zero attached hydrogens (tertiary/aromatic N) is 2. The molecule has 4 aliphatic heterocycles. The summed E-state index contributed by atoms with van der Waals surface area (Å²) < 4.78 is 11.9. The molecule has 0 aromatic rings. The summed E-state index contributed by atoms with van der Waals surface area (Å²) in [6.07, 6.45) is 0.481. The standard InChI is InChI=1S/C26H46N4O6/c1-19(2)13-25(14-20(3,4)27-19)23(9,33)29(17(31)35-25)11-12-30-18(32)36-26(24(30,10)34)15-21(5,6)28-22(7,8)16-26/h27-28,33-34H,11-16H2,1-10H3/t23-,24+. The Morgan fingerprint density at radius 3 is 1.11 bits per heavy atom. The van der Waals surface area contributed by atoms with Crippen LogP contribution in [0, 0.1) is 0 Å². The molecule has 4 aliphatic rings. The van der Waals surface area contributed by atoms with Crippen LogP contribution in [0.2, 0.25) is 0 Å². The Morgan fingerprint density at radius 1 is 0.611 bits per heavy atom. The maximum absolute atomic E-state index is 13.1. The summed E-state index contributed by atoms with van der Waals surface area (Å²) in [5.41, 5.74) is -6.91. The maximum atomic E-state index is 13.1. The first-order valence-electron chi connectivity index (χ1n) is 13.0. The van der Waals surface area contributed by atoms with Crippen LogP contribution in [0.1, 0.15) is 94.9 Å². The van der Waals surface area contributed by atoms with Gasteiger partial charge >= 0.3 is 12.2 Å². The highest BCUT2D eigenvalue weighted by molar-refractivity contribution is 5.74. The lowest BCUT2D eigenvalue weighted by Gasteiger charge is -2.54. The predicted octanol–water partition coefficient (Wildman–Crippen LogP) is 2.67. The smallest absolute Gasteiger partial charge is 0.412 e. The minimum absolute atomic E-state index is 0.00572. The van der Waals surface area contributed by atoms with E-state index >= 15 is 0 Å². The van der Waals surface area contributed by atoms with Gasteiger partial charge in [-0.2, -0.15) is 0 Å². The van der Waals surface area contributed by atoms with Crippen LogP contribution >= 0.6 is 0 Å². The molecule has 4 rings (SSSR count). The first kappa shape index (κ1) is 27.4. The van der Waals surface area contributed by atoms with Gasteiger partial charge in [0.2, 0.25) is 0 Å². The molecule has 4 heterocycles. The van der Waals surface area contributed by atoms with E-state index in [4.69, 9.17) is 9.47 Å². The molecule has 0 bridgehead atoms. The van der Waals surface area contributed by atoms with Crippen molar-refractivity contribution in [2.45, 2.75) is 140 Å². The molecule has 2 spiro atoms. The molecule has 206 valence electrons. The highest BCUT2D eigenvalue weighted by atomic mass is 16.6.